The van der Waals surface area contributed by atoms with Gasteiger partial charge in [-0.1, -0.05) is 44.2 Å². The largest absolute Gasteiger partial charge is 0.465 e. The average molecular weight is 250 g/mol. The molecule has 0 aliphatic rings. The maximum absolute atomic E-state index is 12.1. The molecule has 0 spiro atoms. The molecule has 0 radical (unpaired) electrons. The number of benzene rings is 1. The Morgan fingerprint density at radius 2 is 1.78 bits per heavy atom. The summed E-state index contributed by atoms with van der Waals surface area (Å²) in [7, 11) is 0. The van der Waals surface area contributed by atoms with Gasteiger partial charge >= 0.3 is 5.97 Å². The second kappa shape index (κ2) is 6.55. The van der Waals surface area contributed by atoms with Crippen LogP contribution in [0.25, 0.3) is 0 Å². The fraction of sp³-hybridized carbons (Fsp3) is 0.533. The molecule has 1 aromatic rings. The van der Waals surface area contributed by atoms with Gasteiger partial charge in [-0.3, -0.25) is 4.79 Å². The highest BCUT2D eigenvalue weighted by Gasteiger charge is 2.40. The minimum absolute atomic E-state index is 0.325. The van der Waals surface area contributed by atoms with Crippen molar-refractivity contribution >= 4 is 5.97 Å². The van der Waals surface area contributed by atoms with Crippen LogP contribution in [0.5, 0.6) is 0 Å². The molecule has 100 valence electrons. The van der Waals surface area contributed by atoms with Gasteiger partial charge in [0.25, 0.3) is 0 Å². The van der Waals surface area contributed by atoms with Crippen LogP contribution in [0.15, 0.2) is 30.3 Å². The van der Waals surface area contributed by atoms with Gasteiger partial charge in [0.1, 0.15) is 5.92 Å². The minimum Gasteiger partial charge on any atom is -0.465 e. The van der Waals surface area contributed by atoms with E-state index in [1.54, 1.807) is 6.92 Å². The van der Waals surface area contributed by atoms with Gasteiger partial charge in [-0.05, 0) is 25.3 Å². The smallest absolute Gasteiger partial charge is 0.316 e. The second-order valence-corrected chi connectivity index (χ2v) is 4.41. The molecule has 1 unspecified atom stereocenters. The van der Waals surface area contributed by atoms with Gasteiger partial charge < -0.3 is 9.84 Å². The Morgan fingerprint density at radius 1 is 1.22 bits per heavy atom. The van der Waals surface area contributed by atoms with E-state index in [4.69, 9.17) is 4.74 Å². The molecular weight excluding hydrogens is 228 g/mol. The van der Waals surface area contributed by atoms with E-state index in [9.17, 15) is 9.90 Å². The third-order valence-electron chi connectivity index (χ3n) is 3.42. The van der Waals surface area contributed by atoms with Gasteiger partial charge in [-0.15, -0.1) is 0 Å². The lowest BCUT2D eigenvalue weighted by atomic mass is 9.78. The van der Waals surface area contributed by atoms with Gasteiger partial charge in [0.15, 0.2) is 0 Å². The van der Waals surface area contributed by atoms with E-state index < -0.39 is 11.5 Å². The summed E-state index contributed by atoms with van der Waals surface area (Å²) in [6.45, 7) is 5.87. The van der Waals surface area contributed by atoms with Gasteiger partial charge in [-0.25, -0.2) is 0 Å². The first-order valence-electron chi connectivity index (χ1n) is 6.53. The third kappa shape index (κ3) is 3.10. The van der Waals surface area contributed by atoms with E-state index in [1.807, 2.05) is 44.2 Å². The highest BCUT2D eigenvalue weighted by atomic mass is 16.5. The minimum atomic E-state index is -1.05. The summed E-state index contributed by atoms with van der Waals surface area (Å²) in [5, 5.41) is 10.6. The van der Waals surface area contributed by atoms with Crippen molar-refractivity contribution in [3.05, 3.63) is 35.9 Å². The van der Waals surface area contributed by atoms with Crippen LogP contribution < -0.4 is 0 Å². The third-order valence-corrected chi connectivity index (χ3v) is 3.42. The number of esters is 1. The normalized spacial score (nSPS) is 13.1. The molecule has 3 heteroatoms. The topological polar surface area (TPSA) is 46.5 Å². The quantitative estimate of drug-likeness (QED) is 0.790. The number of carbonyl (C=O) groups excluding carboxylic acids is 1. The van der Waals surface area contributed by atoms with Crippen LogP contribution in [0.2, 0.25) is 0 Å². The fourth-order valence-electron chi connectivity index (χ4n) is 2.20. The molecule has 0 saturated heterocycles. The zero-order chi connectivity index (χ0) is 13.6. The Labute approximate surface area is 109 Å². The summed E-state index contributed by atoms with van der Waals surface area (Å²) < 4.78 is 5.11. The molecule has 0 fully saturated rings. The Bertz CT molecular complexity index is 369. The summed E-state index contributed by atoms with van der Waals surface area (Å²) in [5.41, 5.74) is -0.240. The lowest BCUT2D eigenvalue weighted by Gasteiger charge is -2.33. The molecule has 0 heterocycles. The summed E-state index contributed by atoms with van der Waals surface area (Å²) in [6.07, 6.45) is 1.03. The number of carbonyl (C=O) groups is 1. The molecule has 0 aliphatic carbocycles. The first kappa shape index (κ1) is 14.7. The van der Waals surface area contributed by atoms with Crippen molar-refractivity contribution in [1.29, 1.82) is 0 Å². The van der Waals surface area contributed by atoms with Crippen LogP contribution in [0.1, 0.15) is 45.1 Å². The maximum atomic E-state index is 12.1. The van der Waals surface area contributed by atoms with Crippen LogP contribution in [0, 0.1) is 0 Å². The van der Waals surface area contributed by atoms with Crippen LogP contribution in [0.3, 0.4) is 0 Å². The maximum Gasteiger partial charge on any atom is 0.316 e. The highest BCUT2D eigenvalue weighted by molar-refractivity contribution is 5.79. The summed E-state index contributed by atoms with van der Waals surface area (Å²) in [5.74, 6) is -0.969. The molecule has 0 aliphatic heterocycles. The standard InChI is InChI=1S/C15H22O3/c1-4-15(17,5-2)13(14(16)18-6-3)12-10-8-7-9-11-12/h7-11,13,17H,4-6H2,1-3H3. The Kier molecular flexibility index (Phi) is 5.35. The molecule has 1 rings (SSSR count). The van der Waals surface area contributed by atoms with Crippen molar-refractivity contribution in [2.45, 2.75) is 45.1 Å². The molecule has 0 bridgehead atoms. The van der Waals surface area contributed by atoms with E-state index in [0.717, 1.165) is 5.56 Å². The molecule has 0 aromatic heterocycles. The lowest BCUT2D eigenvalue weighted by molar-refractivity contribution is -0.152. The highest BCUT2D eigenvalue weighted by Crippen LogP contribution is 2.34. The number of ether oxygens (including phenoxy) is 1. The molecule has 1 aromatic carbocycles. The predicted octanol–water partition coefficient (Wildman–Crippen LogP) is 2.88. The van der Waals surface area contributed by atoms with Crippen molar-refractivity contribution in [3.63, 3.8) is 0 Å². The fourth-order valence-corrected chi connectivity index (χ4v) is 2.20. The van der Waals surface area contributed by atoms with E-state index in [1.165, 1.54) is 0 Å². The summed E-state index contributed by atoms with van der Waals surface area (Å²) in [4.78, 5) is 12.1. The average Bonchev–Trinajstić information content (AvgIpc) is 2.40. The first-order chi connectivity index (χ1) is 8.59. The molecule has 0 amide bonds. The molecule has 1 N–H and O–H groups in total. The monoisotopic (exact) mass is 250 g/mol. The van der Waals surface area contributed by atoms with Gasteiger partial charge in [-0.2, -0.15) is 0 Å². The van der Waals surface area contributed by atoms with Crippen LogP contribution in [-0.2, 0) is 9.53 Å². The Morgan fingerprint density at radius 3 is 2.22 bits per heavy atom. The number of rotatable bonds is 6. The van der Waals surface area contributed by atoms with Crippen molar-refractivity contribution in [3.8, 4) is 0 Å². The van der Waals surface area contributed by atoms with E-state index in [2.05, 4.69) is 0 Å². The number of hydrogen-bond donors (Lipinski definition) is 1. The van der Waals surface area contributed by atoms with Crippen molar-refractivity contribution in [2.24, 2.45) is 0 Å². The molecule has 3 nitrogen and oxygen atoms in total. The van der Waals surface area contributed by atoms with Crippen molar-refractivity contribution < 1.29 is 14.6 Å². The zero-order valence-corrected chi connectivity index (χ0v) is 11.3. The molecule has 0 saturated carbocycles. The number of aliphatic hydroxyl groups is 1. The second-order valence-electron chi connectivity index (χ2n) is 4.41. The van der Waals surface area contributed by atoms with Crippen molar-refractivity contribution in [2.75, 3.05) is 6.61 Å². The van der Waals surface area contributed by atoms with E-state index in [0.29, 0.717) is 19.4 Å². The van der Waals surface area contributed by atoms with Gasteiger partial charge in [0.2, 0.25) is 0 Å². The Balaban J connectivity index is 3.14. The van der Waals surface area contributed by atoms with E-state index in [-0.39, 0.29) is 5.97 Å². The van der Waals surface area contributed by atoms with Crippen LogP contribution in [-0.4, -0.2) is 23.3 Å². The Hall–Kier alpha value is -1.35. The van der Waals surface area contributed by atoms with Crippen LogP contribution in [0.4, 0.5) is 0 Å². The molecule has 1 atom stereocenters. The summed E-state index contributed by atoms with van der Waals surface area (Å²) >= 11 is 0. The van der Waals surface area contributed by atoms with Crippen LogP contribution >= 0.6 is 0 Å². The SMILES string of the molecule is CCOC(=O)C(c1ccccc1)C(O)(CC)CC. The molecular formula is C15H22O3. The first-order valence-corrected chi connectivity index (χ1v) is 6.53. The zero-order valence-electron chi connectivity index (χ0n) is 11.3. The molecule has 18 heavy (non-hydrogen) atoms. The van der Waals surface area contributed by atoms with Crippen molar-refractivity contribution in [1.82, 2.24) is 0 Å². The van der Waals surface area contributed by atoms with Gasteiger partial charge in [0.05, 0.1) is 12.2 Å². The summed E-state index contributed by atoms with van der Waals surface area (Å²) in [6, 6.07) is 9.35. The predicted molar refractivity (Wildman–Crippen MR) is 71.3 cm³/mol. The lowest BCUT2D eigenvalue weighted by Crippen LogP contribution is -2.40. The van der Waals surface area contributed by atoms with E-state index >= 15 is 0 Å². The number of hydrogen-bond acceptors (Lipinski definition) is 3. The van der Waals surface area contributed by atoms with Gasteiger partial charge in [0, 0.05) is 0 Å².